The molecule has 2 aromatic rings. The first-order chi connectivity index (χ1) is 15.5. The van der Waals surface area contributed by atoms with Gasteiger partial charge in [0.05, 0.1) is 26.3 Å². The lowest BCUT2D eigenvalue weighted by molar-refractivity contribution is -0.383. The number of benzene rings is 1. The second kappa shape index (κ2) is 10.8. The summed E-state index contributed by atoms with van der Waals surface area (Å²) in [6.45, 7) is 3.99. The second-order valence-corrected chi connectivity index (χ2v) is 7.76. The van der Waals surface area contributed by atoms with E-state index in [1.807, 2.05) is 4.90 Å². The van der Waals surface area contributed by atoms with Gasteiger partial charge in [-0.15, -0.1) is 0 Å². The minimum atomic E-state index is -0.412. The van der Waals surface area contributed by atoms with Gasteiger partial charge in [-0.25, -0.2) is 9.97 Å². The zero-order valence-corrected chi connectivity index (χ0v) is 19.1. The van der Waals surface area contributed by atoms with Crippen LogP contribution in [0.4, 0.5) is 17.3 Å². The highest BCUT2D eigenvalue weighted by Crippen LogP contribution is 2.39. The van der Waals surface area contributed by atoms with Crippen molar-refractivity contribution < 1.29 is 19.1 Å². The van der Waals surface area contributed by atoms with Crippen LogP contribution in [0.25, 0.3) is 0 Å². The van der Waals surface area contributed by atoms with Crippen molar-refractivity contribution in [3.05, 3.63) is 34.1 Å². The van der Waals surface area contributed by atoms with Gasteiger partial charge in [0.15, 0.2) is 11.5 Å². The minimum Gasteiger partial charge on any atom is -0.493 e. The molecule has 1 aromatic heterocycles. The number of nitrogens with one attached hydrogen (secondary N) is 1. The van der Waals surface area contributed by atoms with Crippen LogP contribution in [0, 0.1) is 16.0 Å². The SMILES string of the molecule is CCCC1CCN(c2ncnc(NCc3cc(OC)c(OC)c(OC)c3)c2[N+](=O)[O-])CC1. The third-order valence-corrected chi connectivity index (χ3v) is 5.78. The molecule has 0 unspecified atom stereocenters. The van der Waals surface area contributed by atoms with Gasteiger partial charge in [0.2, 0.25) is 17.4 Å². The molecular weight excluding hydrogens is 414 g/mol. The molecule has 0 spiro atoms. The Bertz CT molecular complexity index is 906. The molecular formula is C22H31N5O5. The van der Waals surface area contributed by atoms with Gasteiger partial charge in [-0.1, -0.05) is 19.8 Å². The third kappa shape index (κ3) is 5.12. The number of aromatic nitrogens is 2. The van der Waals surface area contributed by atoms with Gasteiger partial charge in [-0.3, -0.25) is 10.1 Å². The van der Waals surface area contributed by atoms with Gasteiger partial charge in [0.1, 0.15) is 6.33 Å². The summed E-state index contributed by atoms with van der Waals surface area (Å²) in [6.07, 6.45) is 5.76. The van der Waals surface area contributed by atoms with E-state index in [-0.39, 0.29) is 18.1 Å². The first kappa shape index (κ1) is 23.4. The number of anilines is 2. The molecule has 1 aromatic carbocycles. The van der Waals surface area contributed by atoms with E-state index in [1.54, 1.807) is 26.4 Å². The van der Waals surface area contributed by atoms with Gasteiger partial charge >= 0.3 is 5.69 Å². The number of nitrogens with zero attached hydrogens (tertiary/aromatic N) is 4. The Morgan fingerprint density at radius 3 is 2.31 bits per heavy atom. The monoisotopic (exact) mass is 445 g/mol. The van der Waals surface area contributed by atoms with Crippen molar-refractivity contribution in [1.82, 2.24) is 9.97 Å². The lowest BCUT2D eigenvalue weighted by Crippen LogP contribution is -2.34. The highest BCUT2D eigenvalue weighted by atomic mass is 16.6. The predicted molar refractivity (Wildman–Crippen MR) is 122 cm³/mol. The van der Waals surface area contributed by atoms with Crippen LogP contribution >= 0.6 is 0 Å². The number of ether oxygens (including phenoxy) is 3. The zero-order chi connectivity index (χ0) is 23.1. The van der Waals surface area contributed by atoms with E-state index in [9.17, 15) is 10.1 Å². The van der Waals surface area contributed by atoms with Crippen molar-refractivity contribution in [2.75, 3.05) is 44.6 Å². The van der Waals surface area contributed by atoms with Crippen molar-refractivity contribution in [3.8, 4) is 17.2 Å². The topological polar surface area (TPSA) is 112 Å². The molecule has 0 saturated carbocycles. The molecule has 0 amide bonds. The maximum absolute atomic E-state index is 12.0. The summed E-state index contributed by atoms with van der Waals surface area (Å²) in [7, 11) is 4.62. The van der Waals surface area contributed by atoms with Crippen LogP contribution < -0.4 is 24.4 Å². The summed E-state index contributed by atoms with van der Waals surface area (Å²) in [6, 6.07) is 3.58. The minimum absolute atomic E-state index is 0.103. The second-order valence-electron chi connectivity index (χ2n) is 7.76. The molecule has 1 fully saturated rings. The van der Waals surface area contributed by atoms with Crippen LogP contribution in [0.1, 0.15) is 38.2 Å². The van der Waals surface area contributed by atoms with Gasteiger partial charge in [-0.05, 0) is 36.5 Å². The molecule has 10 nitrogen and oxygen atoms in total. The molecule has 1 N–H and O–H groups in total. The maximum Gasteiger partial charge on any atom is 0.353 e. The predicted octanol–water partition coefficient (Wildman–Crippen LogP) is 4.04. The van der Waals surface area contributed by atoms with Crippen molar-refractivity contribution in [3.63, 3.8) is 0 Å². The number of hydrogen-bond donors (Lipinski definition) is 1. The molecule has 0 radical (unpaired) electrons. The van der Waals surface area contributed by atoms with Crippen LogP contribution in [0.2, 0.25) is 0 Å². The normalized spacial score (nSPS) is 14.2. The number of hydrogen-bond acceptors (Lipinski definition) is 9. The lowest BCUT2D eigenvalue weighted by Gasteiger charge is -2.32. The van der Waals surface area contributed by atoms with Crippen molar-refractivity contribution in [2.24, 2.45) is 5.92 Å². The third-order valence-electron chi connectivity index (χ3n) is 5.78. The molecule has 10 heteroatoms. The molecule has 3 rings (SSSR count). The van der Waals surface area contributed by atoms with E-state index in [0.717, 1.165) is 37.9 Å². The molecule has 1 aliphatic heterocycles. The highest BCUT2D eigenvalue weighted by molar-refractivity contribution is 5.70. The first-order valence-electron chi connectivity index (χ1n) is 10.8. The Hall–Kier alpha value is -3.30. The molecule has 2 heterocycles. The van der Waals surface area contributed by atoms with Crippen molar-refractivity contribution in [2.45, 2.75) is 39.2 Å². The fourth-order valence-electron chi connectivity index (χ4n) is 4.16. The number of nitro groups is 1. The number of piperidine rings is 1. The first-order valence-corrected chi connectivity index (χ1v) is 10.8. The van der Waals surface area contributed by atoms with Crippen LogP contribution in [-0.4, -0.2) is 49.3 Å². The Morgan fingerprint density at radius 1 is 1.12 bits per heavy atom. The van der Waals surface area contributed by atoms with E-state index in [0.29, 0.717) is 29.0 Å². The fraction of sp³-hybridized carbons (Fsp3) is 0.545. The lowest BCUT2D eigenvalue weighted by atomic mass is 9.92. The van der Waals surface area contributed by atoms with Crippen LogP contribution in [-0.2, 0) is 6.54 Å². The summed E-state index contributed by atoms with van der Waals surface area (Å²) in [5.41, 5.74) is 0.697. The van der Waals surface area contributed by atoms with Crippen molar-refractivity contribution >= 4 is 17.3 Å². The largest absolute Gasteiger partial charge is 0.493 e. The zero-order valence-electron chi connectivity index (χ0n) is 19.1. The van der Waals surface area contributed by atoms with Gasteiger partial charge < -0.3 is 24.4 Å². The number of rotatable bonds is 10. The summed E-state index contributed by atoms with van der Waals surface area (Å²) in [5, 5.41) is 15.0. The summed E-state index contributed by atoms with van der Waals surface area (Å²) in [5.74, 6) is 2.74. The molecule has 1 aliphatic rings. The van der Waals surface area contributed by atoms with Crippen LogP contribution in [0.3, 0.4) is 0 Å². The Morgan fingerprint density at radius 2 is 1.78 bits per heavy atom. The van der Waals surface area contributed by atoms with E-state index < -0.39 is 4.92 Å². The molecule has 0 atom stereocenters. The summed E-state index contributed by atoms with van der Waals surface area (Å²) >= 11 is 0. The smallest absolute Gasteiger partial charge is 0.353 e. The molecule has 0 aliphatic carbocycles. The van der Waals surface area contributed by atoms with Gasteiger partial charge in [0.25, 0.3) is 0 Å². The van der Waals surface area contributed by atoms with E-state index in [1.165, 1.54) is 19.9 Å². The molecule has 174 valence electrons. The average Bonchev–Trinajstić information content (AvgIpc) is 2.82. The highest BCUT2D eigenvalue weighted by Gasteiger charge is 2.29. The Labute approximate surface area is 188 Å². The van der Waals surface area contributed by atoms with E-state index >= 15 is 0 Å². The standard InChI is InChI=1S/C22H31N5O5/c1-5-6-15-7-9-26(10-8-15)22-19(27(28)29)21(24-14-25-22)23-13-16-11-17(30-2)20(32-4)18(12-16)31-3/h11-12,14-15H,5-10,13H2,1-4H3,(H,23,24,25). The van der Waals surface area contributed by atoms with Crippen molar-refractivity contribution in [1.29, 1.82) is 0 Å². The number of methoxy groups -OCH3 is 3. The van der Waals surface area contributed by atoms with E-state index in [2.05, 4.69) is 22.2 Å². The average molecular weight is 446 g/mol. The Kier molecular flexibility index (Phi) is 7.91. The quantitative estimate of drug-likeness (QED) is 0.428. The Balaban J connectivity index is 1.82. The molecule has 1 saturated heterocycles. The maximum atomic E-state index is 12.0. The fourth-order valence-corrected chi connectivity index (χ4v) is 4.16. The van der Waals surface area contributed by atoms with E-state index in [4.69, 9.17) is 14.2 Å². The summed E-state index contributed by atoms with van der Waals surface area (Å²) in [4.78, 5) is 22.0. The van der Waals surface area contributed by atoms with Crippen LogP contribution in [0.5, 0.6) is 17.2 Å². The molecule has 32 heavy (non-hydrogen) atoms. The molecule has 0 bridgehead atoms. The van der Waals surface area contributed by atoms with Crippen LogP contribution in [0.15, 0.2) is 18.5 Å². The van der Waals surface area contributed by atoms with Gasteiger partial charge in [0, 0.05) is 19.6 Å². The summed E-state index contributed by atoms with van der Waals surface area (Å²) < 4.78 is 16.1. The van der Waals surface area contributed by atoms with Gasteiger partial charge in [-0.2, -0.15) is 0 Å².